The summed E-state index contributed by atoms with van der Waals surface area (Å²) in [4.78, 5) is 11.4. The average molecular weight is 355 g/mol. The normalized spacial score (nSPS) is 25.6. The van der Waals surface area contributed by atoms with Crippen molar-refractivity contribution in [3.63, 3.8) is 0 Å². The van der Waals surface area contributed by atoms with Gasteiger partial charge in [0.2, 0.25) is 0 Å². The van der Waals surface area contributed by atoms with Crippen molar-refractivity contribution in [2.45, 2.75) is 63.8 Å². The molecular formula is C21H26FN3O. The molecule has 138 valence electrons. The number of fused-ring (bicyclic) bond motifs is 2. The van der Waals surface area contributed by atoms with E-state index in [9.17, 15) is 4.39 Å². The van der Waals surface area contributed by atoms with Crippen LogP contribution in [0.15, 0.2) is 30.6 Å². The number of ether oxygens (including phenoxy) is 1. The Kier molecular flexibility index (Phi) is 5.00. The zero-order chi connectivity index (χ0) is 18.1. The summed E-state index contributed by atoms with van der Waals surface area (Å²) in [5.41, 5.74) is 3.22. The van der Waals surface area contributed by atoms with Crippen LogP contribution in [0.1, 0.15) is 54.1 Å². The Labute approximate surface area is 154 Å². The Balaban J connectivity index is 1.44. The van der Waals surface area contributed by atoms with Gasteiger partial charge in [-0.25, -0.2) is 14.4 Å². The van der Waals surface area contributed by atoms with Crippen LogP contribution in [0, 0.1) is 12.7 Å². The van der Waals surface area contributed by atoms with Crippen molar-refractivity contribution >= 4 is 0 Å². The summed E-state index contributed by atoms with van der Waals surface area (Å²) in [5, 5.41) is 0. The van der Waals surface area contributed by atoms with Crippen molar-refractivity contribution in [2.24, 2.45) is 0 Å². The minimum absolute atomic E-state index is 0.105. The van der Waals surface area contributed by atoms with Gasteiger partial charge in [-0.15, -0.1) is 0 Å². The minimum atomic E-state index is -0.105. The highest BCUT2D eigenvalue weighted by Crippen LogP contribution is 2.43. The Morgan fingerprint density at radius 3 is 2.46 bits per heavy atom. The molecule has 2 saturated heterocycles. The molecule has 4 rings (SSSR count). The third-order valence-corrected chi connectivity index (χ3v) is 5.94. The fraction of sp³-hybridized carbons (Fsp3) is 0.524. The molecule has 0 aliphatic carbocycles. The van der Waals surface area contributed by atoms with Gasteiger partial charge in [-0.2, -0.15) is 0 Å². The maximum Gasteiger partial charge on any atom is 0.153 e. The molecular weight excluding hydrogens is 329 g/mol. The maximum absolute atomic E-state index is 13.6. The number of piperidine rings is 1. The van der Waals surface area contributed by atoms with Crippen LogP contribution in [0.2, 0.25) is 0 Å². The third kappa shape index (κ3) is 3.51. The van der Waals surface area contributed by atoms with Gasteiger partial charge in [0.25, 0.3) is 0 Å². The maximum atomic E-state index is 13.6. The summed E-state index contributed by atoms with van der Waals surface area (Å²) in [6.07, 6.45) is 8.68. The number of rotatable bonds is 5. The van der Waals surface area contributed by atoms with Crippen molar-refractivity contribution in [2.75, 3.05) is 7.11 Å². The lowest BCUT2D eigenvalue weighted by Gasteiger charge is -2.39. The predicted molar refractivity (Wildman–Crippen MR) is 98.2 cm³/mol. The highest BCUT2D eigenvalue weighted by Gasteiger charge is 2.40. The van der Waals surface area contributed by atoms with Crippen molar-refractivity contribution in [1.82, 2.24) is 14.9 Å². The van der Waals surface area contributed by atoms with E-state index in [1.807, 2.05) is 31.5 Å². The van der Waals surface area contributed by atoms with Crippen LogP contribution in [-0.4, -0.2) is 34.1 Å². The summed E-state index contributed by atoms with van der Waals surface area (Å²) in [5.74, 6) is 1.17. The second-order valence-corrected chi connectivity index (χ2v) is 7.67. The quantitative estimate of drug-likeness (QED) is 0.813. The van der Waals surface area contributed by atoms with E-state index in [1.165, 1.54) is 18.4 Å². The molecule has 0 radical (unpaired) electrons. The first-order valence-electron chi connectivity index (χ1n) is 9.44. The second kappa shape index (κ2) is 7.41. The highest BCUT2D eigenvalue weighted by molar-refractivity contribution is 5.28. The van der Waals surface area contributed by atoms with Gasteiger partial charge in [0.15, 0.2) is 5.82 Å². The van der Waals surface area contributed by atoms with E-state index in [0.29, 0.717) is 24.6 Å². The number of aryl methyl sites for hydroxylation is 1. The fourth-order valence-corrected chi connectivity index (χ4v) is 4.60. The van der Waals surface area contributed by atoms with E-state index >= 15 is 0 Å². The molecule has 1 aromatic carbocycles. The van der Waals surface area contributed by atoms with Crippen LogP contribution >= 0.6 is 0 Å². The predicted octanol–water partition coefficient (Wildman–Crippen LogP) is 3.98. The molecule has 26 heavy (non-hydrogen) atoms. The molecule has 0 amide bonds. The van der Waals surface area contributed by atoms with Crippen LogP contribution in [-0.2, 0) is 17.9 Å². The summed E-state index contributed by atoms with van der Waals surface area (Å²) >= 11 is 0. The van der Waals surface area contributed by atoms with Crippen molar-refractivity contribution < 1.29 is 9.13 Å². The second-order valence-electron chi connectivity index (χ2n) is 7.67. The van der Waals surface area contributed by atoms with Crippen LogP contribution in [0.5, 0.6) is 0 Å². The largest absolute Gasteiger partial charge is 0.377 e. The van der Waals surface area contributed by atoms with Gasteiger partial charge >= 0.3 is 0 Å². The highest BCUT2D eigenvalue weighted by atomic mass is 19.1. The number of benzene rings is 1. The lowest BCUT2D eigenvalue weighted by molar-refractivity contribution is 0.118. The smallest absolute Gasteiger partial charge is 0.153 e. The van der Waals surface area contributed by atoms with Gasteiger partial charge in [-0.1, -0.05) is 12.1 Å². The van der Waals surface area contributed by atoms with Crippen molar-refractivity contribution in [3.05, 3.63) is 58.9 Å². The van der Waals surface area contributed by atoms with E-state index in [4.69, 9.17) is 4.74 Å². The van der Waals surface area contributed by atoms with Gasteiger partial charge in [0.1, 0.15) is 12.4 Å². The molecule has 2 aromatic rings. The summed E-state index contributed by atoms with van der Waals surface area (Å²) < 4.78 is 18.7. The van der Waals surface area contributed by atoms with E-state index in [-0.39, 0.29) is 5.82 Å². The number of nitrogens with zero attached hydrogens (tertiary/aromatic N) is 3. The minimum Gasteiger partial charge on any atom is -0.377 e. The first-order valence-corrected chi connectivity index (χ1v) is 9.44. The molecule has 2 aliphatic heterocycles. The van der Waals surface area contributed by atoms with Crippen LogP contribution in [0.25, 0.3) is 0 Å². The number of methoxy groups -OCH3 is 1. The lowest BCUT2D eigenvalue weighted by Crippen LogP contribution is -2.41. The molecule has 5 heteroatoms. The molecule has 2 bridgehead atoms. The molecule has 0 N–H and O–H groups in total. The summed E-state index contributed by atoms with van der Waals surface area (Å²) in [6, 6.07) is 6.84. The zero-order valence-corrected chi connectivity index (χ0v) is 15.5. The molecule has 4 nitrogen and oxygen atoms in total. The zero-order valence-electron chi connectivity index (χ0n) is 15.5. The lowest BCUT2D eigenvalue weighted by atomic mass is 9.84. The van der Waals surface area contributed by atoms with Crippen LogP contribution in [0.3, 0.4) is 0 Å². The number of halogens is 1. The first kappa shape index (κ1) is 17.6. The fourth-order valence-electron chi connectivity index (χ4n) is 4.60. The standard InChI is InChI=1S/C21H26FN3O/c1-14-7-16(3-6-20(14)22)17-8-18-4-5-19(9-17)25(18)12-15-10-23-21(13-26-2)24-11-15/h3,6-7,10-11,17-19H,4-5,8-9,12-13H2,1-2H3/t17?,18-,19+. The molecule has 0 spiro atoms. The van der Waals surface area contributed by atoms with E-state index < -0.39 is 0 Å². The summed E-state index contributed by atoms with van der Waals surface area (Å²) in [7, 11) is 1.65. The monoisotopic (exact) mass is 355 g/mol. The van der Waals surface area contributed by atoms with E-state index in [0.717, 1.165) is 36.3 Å². The molecule has 2 aliphatic rings. The molecule has 3 heterocycles. The van der Waals surface area contributed by atoms with E-state index in [2.05, 4.69) is 14.9 Å². The number of hydrogen-bond donors (Lipinski definition) is 0. The molecule has 3 atom stereocenters. The third-order valence-electron chi connectivity index (χ3n) is 5.94. The topological polar surface area (TPSA) is 38.2 Å². The average Bonchev–Trinajstić information content (AvgIpc) is 2.87. The molecule has 2 fully saturated rings. The molecule has 1 unspecified atom stereocenters. The number of hydrogen-bond acceptors (Lipinski definition) is 4. The Morgan fingerprint density at radius 1 is 1.15 bits per heavy atom. The van der Waals surface area contributed by atoms with Crippen molar-refractivity contribution in [1.29, 1.82) is 0 Å². The van der Waals surface area contributed by atoms with Gasteiger partial charge < -0.3 is 4.74 Å². The van der Waals surface area contributed by atoms with Gasteiger partial charge in [-0.05, 0) is 55.7 Å². The first-order chi connectivity index (χ1) is 12.6. The van der Waals surface area contributed by atoms with Crippen LogP contribution < -0.4 is 0 Å². The van der Waals surface area contributed by atoms with Gasteiger partial charge in [-0.3, -0.25) is 4.90 Å². The Morgan fingerprint density at radius 2 is 1.85 bits per heavy atom. The van der Waals surface area contributed by atoms with E-state index in [1.54, 1.807) is 13.2 Å². The van der Waals surface area contributed by atoms with Crippen molar-refractivity contribution in [3.8, 4) is 0 Å². The summed E-state index contributed by atoms with van der Waals surface area (Å²) in [6.45, 7) is 3.22. The number of aromatic nitrogens is 2. The van der Waals surface area contributed by atoms with Crippen LogP contribution in [0.4, 0.5) is 4.39 Å². The molecule has 1 aromatic heterocycles. The Bertz CT molecular complexity index is 750. The van der Waals surface area contributed by atoms with Gasteiger partial charge in [0.05, 0.1) is 0 Å². The van der Waals surface area contributed by atoms with Gasteiger partial charge in [0, 0.05) is 43.7 Å². The SMILES string of the molecule is COCc1ncc(CN2[C@@H]3CC[C@H]2CC(c2ccc(F)c(C)c2)C3)cn1. The Hall–Kier alpha value is -1.85. The molecule has 0 saturated carbocycles.